The molecule has 1 N–H and O–H groups in total. The second-order valence-corrected chi connectivity index (χ2v) is 4.42. The second-order valence-electron chi connectivity index (χ2n) is 4.42. The molecule has 16 heavy (non-hydrogen) atoms. The fraction of sp³-hybridized carbons (Fsp3) is 0.462. The highest BCUT2D eigenvalue weighted by molar-refractivity contribution is 5.95. The van der Waals surface area contributed by atoms with Crippen LogP contribution in [0.5, 0.6) is 0 Å². The number of aryl methyl sites for hydroxylation is 2. The van der Waals surface area contributed by atoms with Crippen molar-refractivity contribution in [3.05, 3.63) is 29.3 Å². The minimum atomic E-state index is 0.169. The van der Waals surface area contributed by atoms with E-state index in [1.165, 1.54) is 11.1 Å². The van der Waals surface area contributed by atoms with Crippen molar-refractivity contribution in [3.8, 4) is 0 Å². The van der Waals surface area contributed by atoms with Gasteiger partial charge in [-0.15, -0.1) is 0 Å². The molecule has 0 spiro atoms. The van der Waals surface area contributed by atoms with Crippen LogP contribution in [-0.2, 0) is 4.79 Å². The number of carbonyl (C=O) groups excluding carboxylic acids is 1. The summed E-state index contributed by atoms with van der Waals surface area (Å²) in [7, 11) is 0. The van der Waals surface area contributed by atoms with Gasteiger partial charge in [0.15, 0.2) is 0 Å². The van der Waals surface area contributed by atoms with Gasteiger partial charge in [0.1, 0.15) is 0 Å². The van der Waals surface area contributed by atoms with Crippen molar-refractivity contribution in [3.63, 3.8) is 0 Å². The van der Waals surface area contributed by atoms with Crippen LogP contribution in [0.25, 0.3) is 0 Å². The molecule has 1 saturated heterocycles. The molecule has 0 unspecified atom stereocenters. The summed E-state index contributed by atoms with van der Waals surface area (Å²) < 4.78 is 0. The summed E-state index contributed by atoms with van der Waals surface area (Å²) in [6.45, 7) is 6.32. The maximum absolute atomic E-state index is 11.9. The van der Waals surface area contributed by atoms with Gasteiger partial charge in [-0.1, -0.05) is 6.07 Å². The Labute approximate surface area is 96.5 Å². The van der Waals surface area contributed by atoms with Gasteiger partial charge in [0.05, 0.1) is 6.54 Å². The SMILES string of the molecule is Cc1cc(C)cc(N2CCCNCC2=O)c1. The molecule has 86 valence electrons. The van der Waals surface area contributed by atoms with Crippen LogP contribution in [0.3, 0.4) is 0 Å². The second kappa shape index (κ2) is 4.66. The highest BCUT2D eigenvalue weighted by Gasteiger charge is 2.17. The van der Waals surface area contributed by atoms with Crippen LogP contribution in [0.4, 0.5) is 5.69 Å². The molecular formula is C13H18N2O. The Balaban J connectivity index is 2.30. The van der Waals surface area contributed by atoms with Gasteiger partial charge < -0.3 is 10.2 Å². The van der Waals surface area contributed by atoms with E-state index < -0.39 is 0 Å². The summed E-state index contributed by atoms with van der Waals surface area (Å²) in [4.78, 5) is 13.8. The molecule has 1 fully saturated rings. The third kappa shape index (κ3) is 2.42. The summed E-state index contributed by atoms with van der Waals surface area (Å²) in [5.41, 5.74) is 3.45. The van der Waals surface area contributed by atoms with Gasteiger partial charge in [-0.25, -0.2) is 0 Å². The quantitative estimate of drug-likeness (QED) is 0.777. The Morgan fingerprint density at radius 2 is 1.88 bits per heavy atom. The first-order valence-electron chi connectivity index (χ1n) is 5.76. The molecule has 1 heterocycles. The van der Waals surface area contributed by atoms with E-state index in [1.54, 1.807) is 0 Å². The molecule has 0 aromatic heterocycles. The first-order valence-corrected chi connectivity index (χ1v) is 5.76. The van der Waals surface area contributed by atoms with Crippen molar-refractivity contribution in [1.29, 1.82) is 0 Å². The summed E-state index contributed by atoms with van der Waals surface area (Å²) in [5.74, 6) is 0.169. The van der Waals surface area contributed by atoms with Gasteiger partial charge in [0, 0.05) is 12.2 Å². The van der Waals surface area contributed by atoms with Crippen molar-refractivity contribution >= 4 is 11.6 Å². The van der Waals surface area contributed by atoms with Gasteiger partial charge in [-0.3, -0.25) is 4.79 Å². The summed E-state index contributed by atoms with van der Waals surface area (Å²) in [6, 6.07) is 6.29. The molecule has 0 atom stereocenters. The number of anilines is 1. The fourth-order valence-corrected chi connectivity index (χ4v) is 2.16. The number of amides is 1. The van der Waals surface area contributed by atoms with Gasteiger partial charge in [-0.05, 0) is 50.1 Å². The molecule has 0 bridgehead atoms. The summed E-state index contributed by atoms with van der Waals surface area (Å²) in [5, 5.41) is 3.13. The van der Waals surface area contributed by atoms with E-state index in [1.807, 2.05) is 4.90 Å². The summed E-state index contributed by atoms with van der Waals surface area (Å²) in [6.07, 6.45) is 1.01. The molecule has 3 heteroatoms. The van der Waals surface area contributed by atoms with Crippen LogP contribution in [0.2, 0.25) is 0 Å². The first kappa shape index (κ1) is 11.1. The number of hydrogen-bond donors (Lipinski definition) is 1. The average molecular weight is 218 g/mol. The van der Waals surface area contributed by atoms with E-state index in [0.717, 1.165) is 25.2 Å². The number of rotatable bonds is 1. The molecule has 0 saturated carbocycles. The van der Waals surface area contributed by atoms with E-state index in [4.69, 9.17) is 0 Å². The molecule has 1 aliphatic heterocycles. The largest absolute Gasteiger partial charge is 0.311 e. The lowest BCUT2D eigenvalue weighted by molar-refractivity contribution is -0.117. The van der Waals surface area contributed by atoms with Crippen molar-refractivity contribution < 1.29 is 4.79 Å². The molecule has 1 aromatic carbocycles. The molecular weight excluding hydrogens is 200 g/mol. The zero-order valence-corrected chi connectivity index (χ0v) is 9.92. The third-order valence-electron chi connectivity index (χ3n) is 2.83. The fourth-order valence-electron chi connectivity index (χ4n) is 2.16. The number of nitrogens with one attached hydrogen (secondary N) is 1. The highest BCUT2D eigenvalue weighted by Crippen LogP contribution is 2.19. The van der Waals surface area contributed by atoms with Crippen molar-refractivity contribution in [2.45, 2.75) is 20.3 Å². The average Bonchev–Trinajstić information content (AvgIpc) is 2.41. The predicted molar refractivity (Wildman–Crippen MR) is 65.8 cm³/mol. The Bertz CT molecular complexity index is 381. The minimum absolute atomic E-state index is 0.169. The Hall–Kier alpha value is -1.35. The van der Waals surface area contributed by atoms with Crippen molar-refractivity contribution in [1.82, 2.24) is 5.32 Å². The van der Waals surface area contributed by atoms with Crippen LogP contribution in [0, 0.1) is 13.8 Å². The lowest BCUT2D eigenvalue weighted by atomic mass is 10.1. The van der Waals surface area contributed by atoms with Crippen LogP contribution in [0.15, 0.2) is 18.2 Å². The monoisotopic (exact) mass is 218 g/mol. The molecule has 1 aromatic rings. The van der Waals surface area contributed by atoms with E-state index >= 15 is 0 Å². The topological polar surface area (TPSA) is 32.3 Å². The number of nitrogens with zero attached hydrogens (tertiary/aromatic N) is 1. The number of hydrogen-bond acceptors (Lipinski definition) is 2. The van der Waals surface area contributed by atoms with Gasteiger partial charge in [0.25, 0.3) is 0 Å². The third-order valence-corrected chi connectivity index (χ3v) is 2.83. The smallest absolute Gasteiger partial charge is 0.240 e. The van der Waals surface area contributed by atoms with E-state index in [0.29, 0.717) is 6.54 Å². The number of benzene rings is 1. The molecule has 2 rings (SSSR count). The molecule has 0 aliphatic carbocycles. The Morgan fingerprint density at radius 1 is 1.19 bits per heavy atom. The Morgan fingerprint density at radius 3 is 2.56 bits per heavy atom. The summed E-state index contributed by atoms with van der Waals surface area (Å²) >= 11 is 0. The van der Waals surface area contributed by atoms with Crippen LogP contribution >= 0.6 is 0 Å². The van der Waals surface area contributed by atoms with Crippen LogP contribution in [-0.4, -0.2) is 25.5 Å². The lowest BCUT2D eigenvalue weighted by Crippen LogP contribution is -2.34. The molecule has 0 radical (unpaired) electrons. The maximum Gasteiger partial charge on any atom is 0.240 e. The molecule has 1 aliphatic rings. The highest BCUT2D eigenvalue weighted by atomic mass is 16.2. The zero-order valence-electron chi connectivity index (χ0n) is 9.92. The Kier molecular flexibility index (Phi) is 3.25. The zero-order chi connectivity index (χ0) is 11.5. The van der Waals surface area contributed by atoms with Crippen molar-refractivity contribution in [2.24, 2.45) is 0 Å². The van der Waals surface area contributed by atoms with Gasteiger partial charge in [0.2, 0.25) is 5.91 Å². The van der Waals surface area contributed by atoms with E-state index in [2.05, 4.69) is 37.4 Å². The van der Waals surface area contributed by atoms with E-state index in [9.17, 15) is 4.79 Å². The van der Waals surface area contributed by atoms with Gasteiger partial charge >= 0.3 is 0 Å². The predicted octanol–water partition coefficient (Wildman–Crippen LogP) is 1.63. The van der Waals surface area contributed by atoms with Gasteiger partial charge in [-0.2, -0.15) is 0 Å². The van der Waals surface area contributed by atoms with E-state index in [-0.39, 0.29) is 5.91 Å². The minimum Gasteiger partial charge on any atom is -0.311 e. The van der Waals surface area contributed by atoms with Crippen molar-refractivity contribution in [2.75, 3.05) is 24.5 Å². The van der Waals surface area contributed by atoms with Crippen LogP contribution < -0.4 is 10.2 Å². The number of carbonyl (C=O) groups is 1. The standard InChI is InChI=1S/C13H18N2O/c1-10-6-11(2)8-12(7-10)15-5-3-4-14-9-13(15)16/h6-8,14H,3-5,9H2,1-2H3. The molecule has 1 amide bonds. The normalized spacial score (nSPS) is 17.4. The maximum atomic E-state index is 11.9. The lowest BCUT2D eigenvalue weighted by Gasteiger charge is -2.21. The first-order chi connectivity index (χ1) is 7.66. The van der Waals surface area contributed by atoms with Crippen LogP contribution in [0.1, 0.15) is 17.5 Å². The molecule has 3 nitrogen and oxygen atoms in total.